The summed E-state index contributed by atoms with van der Waals surface area (Å²) in [6.07, 6.45) is 1.85. The summed E-state index contributed by atoms with van der Waals surface area (Å²) in [6, 6.07) is 0. The van der Waals surface area contributed by atoms with Gasteiger partial charge in [0.25, 0.3) is 0 Å². The fourth-order valence-electron chi connectivity index (χ4n) is 1.41. The summed E-state index contributed by atoms with van der Waals surface area (Å²) in [5, 5.41) is 15.0. The molecule has 0 saturated carbocycles. The lowest BCUT2D eigenvalue weighted by atomic mass is 9.88. The molecule has 0 aliphatic rings. The van der Waals surface area contributed by atoms with Crippen LogP contribution >= 0.6 is 0 Å². The number of nitrogens with two attached hydrogens (primary N) is 1. The number of amidine groups is 1. The second-order valence-electron chi connectivity index (χ2n) is 5.69. The highest BCUT2D eigenvalue weighted by Gasteiger charge is 2.22. The Morgan fingerprint density at radius 2 is 2.06 bits per heavy atom. The van der Waals surface area contributed by atoms with E-state index in [1.54, 1.807) is 0 Å². The van der Waals surface area contributed by atoms with Gasteiger partial charge in [-0.1, -0.05) is 32.9 Å². The number of hydrogen-bond acceptors (Lipinski definition) is 4. The van der Waals surface area contributed by atoms with Gasteiger partial charge < -0.3 is 21.0 Å². The lowest BCUT2D eigenvalue weighted by Gasteiger charge is -2.22. The second-order valence-corrected chi connectivity index (χ2v) is 5.69. The first-order valence-electron chi connectivity index (χ1n) is 6.66. The van der Waals surface area contributed by atoms with Crippen LogP contribution in [-0.2, 0) is 4.74 Å². The van der Waals surface area contributed by atoms with E-state index in [1.807, 2.05) is 13.8 Å². The molecule has 0 atom stereocenters. The van der Waals surface area contributed by atoms with Crippen molar-refractivity contribution in [2.75, 3.05) is 26.3 Å². The van der Waals surface area contributed by atoms with E-state index < -0.39 is 0 Å². The number of ether oxygens (including phenoxy) is 1. The molecule has 5 heteroatoms. The van der Waals surface area contributed by atoms with E-state index in [2.05, 4.69) is 24.3 Å². The first-order valence-corrected chi connectivity index (χ1v) is 6.66. The molecule has 0 fully saturated rings. The summed E-state index contributed by atoms with van der Waals surface area (Å²) in [5.74, 6) is 0.879. The Balaban J connectivity index is 3.46. The quantitative estimate of drug-likeness (QED) is 0.184. The molecule has 0 aliphatic heterocycles. The monoisotopic (exact) mass is 259 g/mol. The molecule has 0 saturated heterocycles. The Morgan fingerprint density at radius 3 is 2.61 bits per heavy atom. The highest BCUT2D eigenvalue weighted by Crippen LogP contribution is 2.19. The second kappa shape index (κ2) is 9.16. The maximum atomic E-state index is 8.64. The summed E-state index contributed by atoms with van der Waals surface area (Å²) in [4.78, 5) is 0. The maximum absolute atomic E-state index is 8.64. The van der Waals surface area contributed by atoms with Crippen molar-refractivity contribution in [2.45, 2.75) is 40.5 Å². The van der Waals surface area contributed by atoms with Crippen molar-refractivity contribution < 1.29 is 9.94 Å². The normalized spacial score (nSPS) is 13.3. The van der Waals surface area contributed by atoms with E-state index in [-0.39, 0.29) is 11.3 Å². The SMILES string of the molecule is CC(C)COCCCNCCC(C)(C)C(N)=NO. The van der Waals surface area contributed by atoms with Gasteiger partial charge in [-0.3, -0.25) is 0 Å². The third-order valence-corrected chi connectivity index (χ3v) is 2.82. The highest BCUT2D eigenvalue weighted by molar-refractivity contribution is 5.85. The number of oxime groups is 1. The van der Waals surface area contributed by atoms with Crippen LogP contribution in [0.2, 0.25) is 0 Å². The molecule has 0 heterocycles. The zero-order valence-corrected chi connectivity index (χ0v) is 12.2. The Morgan fingerprint density at radius 1 is 1.39 bits per heavy atom. The van der Waals surface area contributed by atoms with Crippen LogP contribution in [0.4, 0.5) is 0 Å². The summed E-state index contributed by atoms with van der Waals surface area (Å²) in [6.45, 7) is 11.6. The van der Waals surface area contributed by atoms with Crippen LogP contribution in [-0.4, -0.2) is 37.3 Å². The average Bonchev–Trinajstić information content (AvgIpc) is 2.30. The highest BCUT2D eigenvalue weighted by atomic mass is 16.5. The largest absolute Gasteiger partial charge is 0.409 e. The van der Waals surface area contributed by atoms with Gasteiger partial charge in [-0.05, 0) is 31.8 Å². The van der Waals surface area contributed by atoms with Gasteiger partial charge in [-0.15, -0.1) is 0 Å². The van der Waals surface area contributed by atoms with Gasteiger partial charge in [0.1, 0.15) is 5.84 Å². The van der Waals surface area contributed by atoms with Gasteiger partial charge >= 0.3 is 0 Å². The fraction of sp³-hybridized carbons (Fsp3) is 0.923. The average molecular weight is 259 g/mol. The summed E-state index contributed by atoms with van der Waals surface area (Å²) < 4.78 is 5.49. The molecule has 0 aliphatic carbocycles. The van der Waals surface area contributed by atoms with Gasteiger partial charge in [0.15, 0.2) is 0 Å². The molecular formula is C13H29N3O2. The van der Waals surface area contributed by atoms with E-state index in [1.165, 1.54) is 0 Å². The van der Waals surface area contributed by atoms with E-state index >= 15 is 0 Å². The minimum atomic E-state index is -0.268. The van der Waals surface area contributed by atoms with Crippen LogP contribution in [0, 0.1) is 11.3 Å². The van der Waals surface area contributed by atoms with Gasteiger partial charge in [0, 0.05) is 18.6 Å². The molecule has 5 nitrogen and oxygen atoms in total. The van der Waals surface area contributed by atoms with Gasteiger partial charge in [-0.25, -0.2) is 0 Å². The van der Waals surface area contributed by atoms with E-state index in [0.717, 1.165) is 39.1 Å². The molecule has 0 unspecified atom stereocenters. The Labute approximate surface area is 111 Å². The maximum Gasteiger partial charge on any atom is 0.144 e. The molecule has 0 rings (SSSR count). The molecule has 4 N–H and O–H groups in total. The number of rotatable bonds is 10. The first kappa shape index (κ1) is 17.2. The van der Waals surface area contributed by atoms with Crippen molar-refractivity contribution in [2.24, 2.45) is 22.2 Å². The topological polar surface area (TPSA) is 79.9 Å². The number of hydrogen-bond donors (Lipinski definition) is 3. The van der Waals surface area contributed by atoms with Crippen molar-refractivity contribution in [3.05, 3.63) is 0 Å². The predicted molar refractivity (Wildman–Crippen MR) is 75.0 cm³/mol. The molecule has 0 bridgehead atoms. The Bertz CT molecular complexity index is 240. The molecular weight excluding hydrogens is 230 g/mol. The van der Waals surface area contributed by atoms with Crippen molar-refractivity contribution in [1.82, 2.24) is 5.32 Å². The summed E-state index contributed by atoms with van der Waals surface area (Å²) in [5.41, 5.74) is 5.34. The van der Waals surface area contributed by atoms with Crippen LogP contribution in [0.3, 0.4) is 0 Å². The zero-order valence-electron chi connectivity index (χ0n) is 12.2. The molecule has 0 radical (unpaired) electrons. The standard InChI is InChI=1S/C13H29N3O2/c1-11(2)10-18-9-5-7-15-8-6-13(3,4)12(14)16-17/h11,15,17H,5-10H2,1-4H3,(H2,14,16). The van der Waals surface area contributed by atoms with Crippen molar-refractivity contribution in [1.29, 1.82) is 0 Å². The predicted octanol–water partition coefficient (Wildman–Crippen LogP) is 1.80. The third kappa shape index (κ3) is 8.31. The van der Waals surface area contributed by atoms with Crippen molar-refractivity contribution >= 4 is 5.84 Å². The van der Waals surface area contributed by atoms with Gasteiger partial charge in [0.2, 0.25) is 0 Å². The molecule has 0 aromatic rings. The molecule has 0 spiro atoms. The molecule has 0 amide bonds. The first-order chi connectivity index (χ1) is 8.40. The fourth-order valence-corrected chi connectivity index (χ4v) is 1.41. The molecule has 108 valence electrons. The van der Waals surface area contributed by atoms with Crippen LogP contribution in [0.1, 0.15) is 40.5 Å². The summed E-state index contributed by atoms with van der Waals surface area (Å²) in [7, 11) is 0. The van der Waals surface area contributed by atoms with Crippen LogP contribution < -0.4 is 11.1 Å². The number of nitrogens with zero attached hydrogens (tertiary/aromatic N) is 1. The van der Waals surface area contributed by atoms with E-state index in [9.17, 15) is 0 Å². The van der Waals surface area contributed by atoms with Crippen LogP contribution in [0.15, 0.2) is 5.16 Å². The molecule has 0 aromatic carbocycles. The minimum Gasteiger partial charge on any atom is -0.409 e. The third-order valence-electron chi connectivity index (χ3n) is 2.82. The lowest BCUT2D eigenvalue weighted by Crippen LogP contribution is -2.35. The smallest absolute Gasteiger partial charge is 0.144 e. The van der Waals surface area contributed by atoms with Gasteiger partial charge in [0.05, 0.1) is 0 Å². The van der Waals surface area contributed by atoms with Crippen LogP contribution in [0.5, 0.6) is 0 Å². The lowest BCUT2D eigenvalue weighted by molar-refractivity contribution is 0.108. The Hall–Kier alpha value is -0.810. The van der Waals surface area contributed by atoms with E-state index in [4.69, 9.17) is 15.7 Å². The van der Waals surface area contributed by atoms with Crippen molar-refractivity contribution in [3.8, 4) is 0 Å². The summed E-state index contributed by atoms with van der Waals surface area (Å²) >= 11 is 0. The molecule has 0 aromatic heterocycles. The number of nitrogens with one attached hydrogen (secondary N) is 1. The minimum absolute atomic E-state index is 0.268. The van der Waals surface area contributed by atoms with Gasteiger partial charge in [-0.2, -0.15) is 0 Å². The van der Waals surface area contributed by atoms with E-state index in [0.29, 0.717) is 5.92 Å². The van der Waals surface area contributed by atoms with Crippen LogP contribution in [0.25, 0.3) is 0 Å². The molecule has 18 heavy (non-hydrogen) atoms. The Kier molecular flexibility index (Phi) is 8.75. The zero-order chi connectivity index (χ0) is 14.0. The van der Waals surface area contributed by atoms with Crippen molar-refractivity contribution in [3.63, 3.8) is 0 Å².